The number of nitrogens with one attached hydrogen (secondary N) is 1. The van der Waals surface area contributed by atoms with E-state index in [9.17, 15) is 0 Å². The second kappa shape index (κ2) is 7.32. The summed E-state index contributed by atoms with van der Waals surface area (Å²) in [6.45, 7) is 6.63. The predicted octanol–water partition coefficient (Wildman–Crippen LogP) is 2.88. The predicted molar refractivity (Wildman–Crippen MR) is 85.3 cm³/mol. The Balaban J connectivity index is 1.76. The molecule has 1 N–H and O–H groups in total. The van der Waals surface area contributed by atoms with E-state index in [1.807, 2.05) is 6.20 Å². The van der Waals surface area contributed by atoms with Crippen LogP contribution in [0, 0.1) is 0 Å². The summed E-state index contributed by atoms with van der Waals surface area (Å²) >= 11 is 0. The van der Waals surface area contributed by atoms with E-state index in [1.54, 1.807) is 0 Å². The molecule has 0 aromatic carbocycles. The Morgan fingerprint density at radius 3 is 2.71 bits per heavy atom. The minimum Gasteiger partial charge on any atom is -0.314 e. The van der Waals surface area contributed by atoms with Gasteiger partial charge in [0, 0.05) is 44.0 Å². The van der Waals surface area contributed by atoms with Gasteiger partial charge in [0.1, 0.15) is 5.82 Å². The Morgan fingerprint density at radius 1 is 1.24 bits per heavy atom. The van der Waals surface area contributed by atoms with Gasteiger partial charge >= 0.3 is 0 Å². The second-order valence-corrected chi connectivity index (χ2v) is 6.38. The molecule has 0 bridgehead atoms. The maximum Gasteiger partial charge on any atom is 0.145 e. The highest BCUT2D eigenvalue weighted by Gasteiger charge is 2.24. The summed E-state index contributed by atoms with van der Waals surface area (Å²) in [5, 5.41) is 3.43. The van der Waals surface area contributed by atoms with Crippen molar-refractivity contribution in [3.63, 3.8) is 0 Å². The molecule has 1 saturated heterocycles. The lowest BCUT2D eigenvalue weighted by atomic mass is 9.87. The summed E-state index contributed by atoms with van der Waals surface area (Å²) in [6.07, 6.45) is 9.80. The monoisotopic (exact) mass is 288 g/mol. The Hall–Kier alpha value is -1.00. The molecule has 1 aliphatic heterocycles. The number of hydrogen-bond donors (Lipinski definition) is 1. The molecule has 1 aromatic rings. The third-order valence-electron chi connectivity index (χ3n) is 5.00. The van der Waals surface area contributed by atoms with Gasteiger partial charge in [-0.1, -0.05) is 26.2 Å². The zero-order valence-electron chi connectivity index (χ0n) is 13.2. The average Bonchev–Trinajstić information content (AvgIpc) is 2.58. The number of rotatable bonds is 4. The van der Waals surface area contributed by atoms with Crippen molar-refractivity contribution in [1.29, 1.82) is 0 Å². The zero-order valence-corrected chi connectivity index (χ0v) is 13.2. The number of nitrogens with zero attached hydrogens (tertiary/aromatic N) is 3. The number of hydrogen-bond acceptors (Lipinski definition) is 4. The van der Waals surface area contributed by atoms with Gasteiger partial charge in [-0.3, -0.25) is 4.90 Å². The van der Waals surface area contributed by atoms with Gasteiger partial charge in [0.05, 0.1) is 6.04 Å². The van der Waals surface area contributed by atoms with Crippen molar-refractivity contribution in [1.82, 2.24) is 20.2 Å². The van der Waals surface area contributed by atoms with Crippen molar-refractivity contribution in [2.24, 2.45) is 0 Å². The van der Waals surface area contributed by atoms with E-state index in [1.165, 1.54) is 37.8 Å². The van der Waals surface area contributed by atoms with Crippen molar-refractivity contribution in [3.8, 4) is 0 Å². The van der Waals surface area contributed by atoms with Gasteiger partial charge in [-0.25, -0.2) is 9.97 Å². The Bertz CT molecular complexity index is 436. The summed E-state index contributed by atoms with van der Waals surface area (Å²) in [5.74, 6) is 1.71. The Morgan fingerprint density at radius 2 is 2.00 bits per heavy atom. The fraction of sp³-hybridized carbons (Fsp3) is 0.765. The van der Waals surface area contributed by atoms with Crippen LogP contribution >= 0.6 is 0 Å². The van der Waals surface area contributed by atoms with Crippen LogP contribution in [0.3, 0.4) is 0 Å². The summed E-state index contributed by atoms with van der Waals surface area (Å²) in [6, 6.07) is 2.53. The molecule has 2 aliphatic rings. The molecule has 0 spiro atoms. The van der Waals surface area contributed by atoms with Crippen LogP contribution in [-0.4, -0.2) is 41.0 Å². The van der Waals surface area contributed by atoms with Crippen LogP contribution in [0.2, 0.25) is 0 Å². The lowest BCUT2D eigenvalue weighted by Gasteiger charge is -2.33. The van der Waals surface area contributed by atoms with Crippen molar-refractivity contribution < 1.29 is 0 Å². The van der Waals surface area contributed by atoms with Crippen molar-refractivity contribution in [2.45, 2.75) is 57.4 Å². The zero-order chi connectivity index (χ0) is 14.5. The molecule has 3 rings (SSSR count). The highest BCUT2D eigenvalue weighted by atomic mass is 15.2. The van der Waals surface area contributed by atoms with Crippen LogP contribution in [0.15, 0.2) is 12.3 Å². The lowest BCUT2D eigenvalue weighted by Crippen LogP contribution is -2.45. The highest BCUT2D eigenvalue weighted by Crippen LogP contribution is 2.32. The van der Waals surface area contributed by atoms with E-state index in [2.05, 4.69) is 28.2 Å². The molecular formula is C17H28N4. The van der Waals surface area contributed by atoms with Crippen LogP contribution in [-0.2, 0) is 0 Å². The SMILES string of the molecule is CCC(c1nccc(C2CCCCC2)n1)N1CCNCC1. The topological polar surface area (TPSA) is 41.1 Å². The molecule has 0 amide bonds. The van der Waals surface area contributed by atoms with E-state index in [0.29, 0.717) is 12.0 Å². The van der Waals surface area contributed by atoms with E-state index in [4.69, 9.17) is 4.98 Å². The largest absolute Gasteiger partial charge is 0.314 e. The Labute approximate surface area is 128 Å². The minimum atomic E-state index is 0.385. The fourth-order valence-corrected chi connectivity index (χ4v) is 3.77. The normalized spacial score (nSPS) is 23.1. The van der Waals surface area contributed by atoms with Gasteiger partial charge < -0.3 is 5.32 Å². The molecule has 2 heterocycles. The van der Waals surface area contributed by atoms with Crippen LogP contribution in [0.25, 0.3) is 0 Å². The maximum atomic E-state index is 4.97. The van der Waals surface area contributed by atoms with Gasteiger partial charge in [0.25, 0.3) is 0 Å². The molecule has 4 heteroatoms. The van der Waals surface area contributed by atoms with Gasteiger partial charge in [0.2, 0.25) is 0 Å². The molecule has 1 aromatic heterocycles. The first kappa shape index (κ1) is 14.9. The van der Waals surface area contributed by atoms with Crippen LogP contribution in [0.5, 0.6) is 0 Å². The third-order valence-corrected chi connectivity index (χ3v) is 5.00. The second-order valence-electron chi connectivity index (χ2n) is 6.38. The van der Waals surface area contributed by atoms with Crippen LogP contribution in [0.4, 0.5) is 0 Å². The van der Waals surface area contributed by atoms with Crippen molar-refractivity contribution in [2.75, 3.05) is 26.2 Å². The molecule has 4 nitrogen and oxygen atoms in total. The average molecular weight is 288 g/mol. The fourth-order valence-electron chi connectivity index (χ4n) is 3.77. The van der Waals surface area contributed by atoms with Gasteiger partial charge in [-0.2, -0.15) is 0 Å². The molecule has 1 saturated carbocycles. The number of piperazine rings is 1. The highest BCUT2D eigenvalue weighted by molar-refractivity contribution is 5.11. The molecule has 1 aliphatic carbocycles. The standard InChI is InChI=1S/C17H28N4/c1-2-16(21-12-10-18-11-13-21)17-19-9-8-15(20-17)14-6-4-3-5-7-14/h8-9,14,16,18H,2-7,10-13H2,1H3. The summed E-state index contributed by atoms with van der Waals surface area (Å²) in [7, 11) is 0. The van der Waals surface area contributed by atoms with Gasteiger partial charge in [0.15, 0.2) is 0 Å². The molecule has 2 fully saturated rings. The summed E-state index contributed by atoms with van der Waals surface area (Å²) in [5.41, 5.74) is 1.29. The molecule has 21 heavy (non-hydrogen) atoms. The summed E-state index contributed by atoms with van der Waals surface area (Å²) in [4.78, 5) is 12.1. The number of aromatic nitrogens is 2. The van der Waals surface area contributed by atoms with E-state index < -0.39 is 0 Å². The molecule has 0 radical (unpaired) electrons. The van der Waals surface area contributed by atoms with Crippen molar-refractivity contribution >= 4 is 0 Å². The molecule has 116 valence electrons. The maximum absolute atomic E-state index is 4.97. The van der Waals surface area contributed by atoms with Crippen molar-refractivity contribution in [3.05, 3.63) is 23.8 Å². The van der Waals surface area contributed by atoms with Crippen LogP contribution in [0.1, 0.15) is 68.9 Å². The summed E-state index contributed by atoms with van der Waals surface area (Å²) < 4.78 is 0. The Kier molecular flexibility index (Phi) is 5.20. The quantitative estimate of drug-likeness (QED) is 0.925. The smallest absolute Gasteiger partial charge is 0.145 e. The van der Waals surface area contributed by atoms with E-state index >= 15 is 0 Å². The van der Waals surface area contributed by atoms with Gasteiger partial charge in [-0.15, -0.1) is 0 Å². The van der Waals surface area contributed by atoms with E-state index in [-0.39, 0.29) is 0 Å². The van der Waals surface area contributed by atoms with Gasteiger partial charge in [-0.05, 0) is 25.3 Å². The first-order chi connectivity index (χ1) is 10.4. The molecular weight excluding hydrogens is 260 g/mol. The first-order valence-electron chi connectivity index (χ1n) is 8.66. The minimum absolute atomic E-state index is 0.385. The molecule has 1 unspecified atom stereocenters. The third kappa shape index (κ3) is 3.61. The van der Waals surface area contributed by atoms with Crippen LogP contribution < -0.4 is 5.32 Å². The molecule has 1 atom stereocenters. The lowest BCUT2D eigenvalue weighted by molar-refractivity contribution is 0.162. The van der Waals surface area contributed by atoms with E-state index in [0.717, 1.165) is 38.4 Å². The first-order valence-corrected chi connectivity index (χ1v) is 8.66.